The lowest BCUT2D eigenvalue weighted by atomic mass is 10.2. The second kappa shape index (κ2) is 3.73. The summed E-state index contributed by atoms with van der Waals surface area (Å²) < 4.78 is 15.7. The van der Waals surface area contributed by atoms with Gasteiger partial charge in [-0.1, -0.05) is 6.07 Å². The molecule has 1 aromatic heterocycles. The van der Waals surface area contributed by atoms with Crippen molar-refractivity contribution in [1.82, 2.24) is 14.8 Å². The highest BCUT2D eigenvalue weighted by Gasteiger charge is 2.12. The quantitative estimate of drug-likeness (QED) is 0.797. The highest BCUT2D eigenvalue weighted by molar-refractivity contribution is 9.10. The lowest BCUT2D eigenvalue weighted by Gasteiger charge is -1.99. The molecule has 0 radical (unpaired) electrons. The minimum atomic E-state index is -0.330. The van der Waals surface area contributed by atoms with Crippen molar-refractivity contribution in [3.63, 3.8) is 0 Å². The van der Waals surface area contributed by atoms with Crippen LogP contribution in [0.15, 0.2) is 22.7 Å². The lowest BCUT2D eigenvalue weighted by molar-refractivity contribution is 0.623. The third-order valence-corrected chi connectivity index (χ3v) is 2.79. The molecule has 0 saturated heterocycles. The Bertz CT molecular complexity index is 488. The summed E-state index contributed by atoms with van der Waals surface area (Å²) in [5.74, 6) is 0.835. The van der Waals surface area contributed by atoms with Crippen LogP contribution in [0, 0.1) is 12.7 Å². The van der Waals surface area contributed by atoms with Crippen LogP contribution in [0.1, 0.15) is 5.82 Å². The molecule has 0 amide bonds. The van der Waals surface area contributed by atoms with Crippen molar-refractivity contribution < 1.29 is 4.39 Å². The zero-order chi connectivity index (χ0) is 11.0. The highest BCUT2D eigenvalue weighted by Crippen LogP contribution is 2.25. The number of aromatic nitrogens is 3. The Balaban J connectivity index is 2.59. The third kappa shape index (κ3) is 1.79. The summed E-state index contributed by atoms with van der Waals surface area (Å²) >= 11 is 3.13. The van der Waals surface area contributed by atoms with Gasteiger partial charge in [0.2, 0.25) is 0 Å². The molecular formula is C10H9BrFN3. The zero-order valence-corrected chi connectivity index (χ0v) is 9.92. The Labute approximate surface area is 95.1 Å². The zero-order valence-electron chi connectivity index (χ0n) is 8.33. The van der Waals surface area contributed by atoms with Crippen LogP contribution in [0.3, 0.4) is 0 Å². The molecule has 3 nitrogen and oxygen atoms in total. The number of rotatable bonds is 1. The summed E-state index contributed by atoms with van der Waals surface area (Å²) in [4.78, 5) is 4.17. The number of hydrogen-bond donors (Lipinski definition) is 0. The van der Waals surface area contributed by atoms with Gasteiger partial charge >= 0.3 is 0 Å². The van der Waals surface area contributed by atoms with E-state index in [1.807, 2.05) is 6.92 Å². The van der Waals surface area contributed by atoms with E-state index in [4.69, 9.17) is 0 Å². The molecule has 0 aliphatic heterocycles. The molecule has 0 aliphatic rings. The summed E-state index contributed by atoms with van der Waals surface area (Å²) in [7, 11) is 1.78. The first-order valence-corrected chi connectivity index (χ1v) is 5.21. The van der Waals surface area contributed by atoms with Crippen molar-refractivity contribution in [2.45, 2.75) is 6.92 Å². The molecule has 1 aromatic carbocycles. The largest absolute Gasteiger partial charge is 0.253 e. The molecule has 1 heterocycles. The first-order chi connectivity index (χ1) is 7.09. The molecule has 2 rings (SSSR count). The van der Waals surface area contributed by atoms with Crippen LogP contribution in [-0.4, -0.2) is 14.8 Å². The van der Waals surface area contributed by atoms with Gasteiger partial charge in [-0.15, -0.1) is 0 Å². The fourth-order valence-electron chi connectivity index (χ4n) is 1.25. The lowest BCUT2D eigenvalue weighted by Crippen LogP contribution is -1.93. The molecule has 0 unspecified atom stereocenters. The van der Waals surface area contributed by atoms with Gasteiger partial charge in [-0.2, -0.15) is 5.10 Å². The smallest absolute Gasteiger partial charge is 0.184 e. The maximum absolute atomic E-state index is 13.7. The van der Waals surface area contributed by atoms with E-state index in [-0.39, 0.29) is 5.82 Å². The van der Waals surface area contributed by atoms with E-state index in [1.54, 1.807) is 29.9 Å². The van der Waals surface area contributed by atoms with E-state index < -0.39 is 0 Å². The average Bonchev–Trinajstić information content (AvgIpc) is 2.51. The minimum absolute atomic E-state index is 0.330. The Kier molecular flexibility index (Phi) is 2.56. The van der Waals surface area contributed by atoms with Crippen LogP contribution in [0.25, 0.3) is 11.4 Å². The molecule has 5 heteroatoms. The van der Waals surface area contributed by atoms with Gasteiger partial charge < -0.3 is 0 Å². The first-order valence-electron chi connectivity index (χ1n) is 4.41. The van der Waals surface area contributed by atoms with E-state index in [9.17, 15) is 4.39 Å². The predicted octanol–water partition coefficient (Wildman–Crippen LogP) is 2.69. The van der Waals surface area contributed by atoms with Gasteiger partial charge in [0.05, 0.1) is 10.0 Å². The van der Waals surface area contributed by atoms with Crippen LogP contribution in [0.2, 0.25) is 0 Å². The highest BCUT2D eigenvalue weighted by atomic mass is 79.9. The Hall–Kier alpha value is -1.23. The SMILES string of the molecule is Cc1nc(-c2cccc(Br)c2F)nn1C. The molecule has 0 aliphatic carbocycles. The topological polar surface area (TPSA) is 30.7 Å². The molecule has 15 heavy (non-hydrogen) atoms. The first kappa shape index (κ1) is 10.3. The van der Waals surface area contributed by atoms with Crippen molar-refractivity contribution in [3.05, 3.63) is 34.3 Å². The van der Waals surface area contributed by atoms with Gasteiger partial charge in [0, 0.05) is 7.05 Å². The van der Waals surface area contributed by atoms with E-state index in [2.05, 4.69) is 26.0 Å². The van der Waals surface area contributed by atoms with E-state index in [0.717, 1.165) is 5.82 Å². The van der Waals surface area contributed by atoms with Crippen molar-refractivity contribution in [1.29, 1.82) is 0 Å². The van der Waals surface area contributed by atoms with E-state index >= 15 is 0 Å². The van der Waals surface area contributed by atoms with Crippen LogP contribution in [0.5, 0.6) is 0 Å². The summed E-state index contributed by atoms with van der Waals surface area (Å²) in [6.07, 6.45) is 0. The van der Waals surface area contributed by atoms with E-state index in [0.29, 0.717) is 15.9 Å². The minimum Gasteiger partial charge on any atom is -0.253 e. The van der Waals surface area contributed by atoms with Gasteiger partial charge in [-0.25, -0.2) is 9.37 Å². The second-order valence-electron chi connectivity index (χ2n) is 3.21. The van der Waals surface area contributed by atoms with Gasteiger partial charge in [0.1, 0.15) is 11.6 Å². The molecule has 0 spiro atoms. The van der Waals surface area contributed by atoms with Crippen molar-refractivity contribution >= 4 is 15.9 Å². The maximum Gasteiger partial charge on any atom is 0.184 e. The monoisotopic (exact) mass is 269 g/mol. The Morgan fingerprint density at radius 1 is 1.40 bits per heavy atom. The maximum atomic E-state index is 13.7. The molecular weight excluding hydrogens is 261 g/mol. The fourth-order valence-corrected chi connectivity index (χ4v) is 1.62. The Morgan fingerprint density at radius 3 is 2.73 bits per heavy atom. The van der Waals surface area contributed by atoms with Crippen molar-refractivity contribution in [2.24, 2.45) is 7.05 Å². The van der Waals surface area contributed by atoms with Crippen LogP contribution < -0.4 is 0 Å². The van der Waals surface area contributed by atoms with Crippen molar-refractivity contribution in [3.8, 4) is 11.4 Å². The second-order valence-corrected chi connectivity index (χ2v) is 4.06. The number of hydrogen-bond acceptors (Lipinski definition) is 2. The standard InChI is InChI=1S/C10H9BrFN3/c1-6-13-10(14-15(6)2)7-4-3-5-8(11)9(7)12/h3-5H,1-2H3. The summed E-state index contributed by atoms with van der Waals surface area (Å²) in [5, 5.41) is 4.13. The van der Waals surface area contributed by atoms with Gasteiger partial charge in [-0.05, 0) is 35.0 Å². The molecule has 0 fully saturated rings. The fraction of sp³-hybridized carbons (Fsp3) is 0.200. The number of nitrogens with zero attached hydrogens (tertiary/aromatic N) is 3. The van der Waals surface area contributed by atoms with Crippen LogP contribution in [-0.2, 0) is 7.05 Å². The molecule has 0 N–H and O–H groups in total. The molecule has 2 aromatic rings. The van der Waals surface area contributed by atoms with Gasteiger partial charge in [0.25, 0.3) is 0 Å². The van der Waals surface area contributed by atoms with Crippen LogP contribution in [0.4, 0.5) is 4.39 Å². The molecule has 78 valence electrons. The van der Waals surface area contributed by atoms with E-state index in [1.165, 1.54) is 0 Å². The van der Waals surface area contributed by atoms with Crippen molar-refractivity contribution in [2.75, 3.05) is 0 Å². The van der Waals surface area contributed by atoms with Gasteiger partial charge in [-0.3, -0.25) is 4.68 Å². The number of halogens is 2. The number of aryl methyl sites for hydroxylation is 2. The average molecular weight is 270 g/mol. The summed E-state index contributed by atoms with van der Waals surface area (Å²) in [5.41, 5.74) is 0.410. The molecule has 0 saturated carbocycles. The van der Waals surface area contributed by atoms with Crippen LogP contribution >= 0.6 is 15.9 Å². The third-order valence-electron chi connectivity index (χ3n) is 2.17. The number of benzene rings is 1. The molecule has 0 atom stereocenters. The summed E-state index contributed by atoms with van der Waals surface area (Å²) in [6.45, 7) is 1.83. The van der Waals surface area contributed by atoms with Gasteiger partial charge in [0.15, 0.2) is 5.82 Å². The predicted molar refractivity (Wildman–Crippen MR) is 58.8 cm³/mol. The summed E-state index contributed by atoms with van der Waals surface area (Å²) in [6, 6.07) is 5.07. The molecule has 0 bridgehead atoms. The normalized spacial score (nSPS) is 10.7. The Morgan fingerprint density at radius 2 is 2.13 bits per heavy atom.